The largest absolute Gasteiger partial charge is 0.515 e. The molecule has 1 aromatic rings. The lowest BCUT2D eigenvalue weighted by molar-refractivity contribution is -0.120. The first-order valence-electron chi connectivity index (χ1n) is 10.2. The maximum atomic E-state index is 13.7. The average molecular weight is 445 g/mol. The number of likely N-dealkylation sites (N-methyl/N-ethyl adjacent to an activating group) is 1. The molecule has 0 bridgehead atoms. The van der Waals surface area contributed by atoms with Crippen LogP contribution in [0.15, 0.2) is 53.8 Å². The number of aromatic hydroxyl groups is 1. The van der Waals surface area contributed by atoms with Gasteiger partial charge in [0.05, 0.1) is 19.5 Å². The second-order valence-corrected chi connectivity index (χ2v) is 7.02. The number of benzene rings is 1. The van der Waals surface area contributed by atoms with Crippen LogP contribution in [-0.4, -0.2) is 55.4 Å². The Morgan fingerprint density at radius 3 is 2.78 bits per heavy atom. The van der Waals surface area contributed by atoms with Crippen molar-refractivity contribution >= 4 is 17.8 Å². The van der Waals surface area contributed by atoms with Crippen LogP contribution in [0.4, 0.5) is 4.39 Å². The van der Waals surface area contributed by atoms with E-state index in [1.165, 1.54) is 24.3 Å². The maximum Gasteiger partial charge on any atom is 0.298 e. The average Bonchev–Trinajstić information content (AvgIpc) is 2.78. The molecule has 0 amide bonds. The number of aliphatic hydroxyl groups excluding tert-OH is 1. The van der Waals surface area contributed by atoms with Crippen LogP contribution < -0.4 is 10.1 Å². The Morgan fingerprint density at radius 1 is 1.34 bits per heavy atom. The summed E-state index contributed by atoms with van der Waals surface area (Å²) < 4.78 is 24.5. The number of phenolic OH excluding ortho intramolecular Hbond substituents is 1. The Morgan fingerprint density at radius 2 is 2.12 bits per heavy atom. The van der Waals surface area contributed by atoms with Gasteiger partial charge in [-0.15, -0.1) is 0 Å². The van der Waals surface area contributed by atoms with Gasteiger partial charge < -0.3 is 25.0 Å². The van der Waals surface area contributed by atoms with E-state index in [-0.39, 0.29) is 54.3 Å². The van der Waals surface area contributed by atoms with Crippen molar-refractivity contribution < 1.29 is 33.7 Å². The van der Waals surface area contributed by atoms with Crippen molar-refractivity contribution in [2.24, 2.45) is 0 Å². The Balaban J connectivity index is 2.44. The summed E-state index contributed by atoms with van der Waals surface area (Å²) in [6, 6.07) is 2.99. The highest BCUT2D eigenvalue weighted by Gasteiger charge is 2.22. The monoisotopic (exact) mass is 445 g/mol. The SMILES string of the molecule is C/C=C(C(/C=C1/CC(F)C=CC1=O)=C\O)\c1ccc(O)c(CCOCCNC)c1OC=O. The molecule has 1 aliphatic rings. The number of ketones is 1. The number of ether oxygens (including phenoxy) is 2. The molecule has 0 saturated carbocycles. The first-order valence-corrected chi connectivity index (χ1v) is 10.2. The van der Waals surface area contributed by atoms with Crippen molar-refractivity contribution in [1.82, 2.24) is 5.32 Å². The molecule has 0 heterocycles. The number of carbonyl (C=O) groups excluding carboxylic acids is 2. The zero-order valence-electron chi connectivity index (χ0n) is 18.1. The van der Waals surface area contributed by atoms with E-state index in [1.807, 2.05) is 0 Å². The summed E-state index contributed by atoms with van der Waals surface area (Å²) in [6.45, 7) is 3.38. The predicted molar refractivity (Wildman–Crippen MR) is 119 cm³/mol. The molecule has 1 atom stereocenters. The van der Waals surface area contributed by atoms with Gasteiger partial charge in [0.1, 0.15) is 17.7 Å². The smallest absolute Gasteiger partial charge is 0.298 e. The van der Waals surface area contributed by atoms with Crippen LogP contribution in [0.1, 0.15) is 24.5 Å². The van der Waals surface area contributed by atoms with Crippen LogP contribution >= 0.6 is 0 Å². The third-order valence-corrected chi connectivity index (χ3v) is 4.94. The van der Waals surface area contributed by atoms with Crippen LogP contribution in [-0.2, 0) is 20.7 Å². The second-order valence-electron chi connectivity index (χ2n) is 7.02. The normalized spacial score (nSPS) is 18.3. The van der Waals surface area contributed by atoms with Gasteiger partial charge in [-0.2, -0.15) is 0 Å². The highest BCUT2D eigenvalue weighted by Crippen LogP contribution is 2.39. The molecule has 172 valence electrons. The molecular weight excluding hydrogens is 417 g/mol. The first-order chi connectivity index (χ1) is 15.5. The summed E-state index contributed by atoms with van der Waals surface area (Å²) in [4.78, 5) is 23.3. The summed E-state index contributed by atoms with van der Waals surface area (Å²) in [5.41, 5.74) is 1.65. The minimum atomic E-state index is -1.29. The Bertz CT molecular complexity index is 948. The molecule has 1 unspecified atom stereocenters. The third kappa shape index (κ3) is 6.38. The van der Waals surface area contributed by atoms with Gasteiger partial charge in [-0.05, 0) is 49.9 Å². The van der Waals surface area contributed by atoms with E-state index in [9.17, 15) is 24.2 Å². The van der Waals surface area contributed by atoms with Crippen LogP contribution in [0, 0.1) is 0 Å². The quantitative estimate of drug-likeness (QED) is 0.158. The highest BCUT2D eigenvalue weighted by molar-refractivity contribution is 6.06. The molecule has 1 aliphatic carbocycles. The first kappa shape index (κ1) is 25.0. The van der Waals surface area contributed by atoms with Gasteiger partial charge in [0, 0.05) is 41.7 Å². The molecule has 0 aromatic heterocycles. The number of alkyl halides is 1. The molecule has 32 heavy (non-hydrogen) atoms. The van der Waals surface area contributed by atoms with Crippen molar-refractivity contribution in [2.45, 2.75) is 25.9 Å². The van der Waals surface area contributed by atoms with Gasteiger partial charge >= 0.3 is 0 Å². The highest BCUT2D eigenvalue weighted by atomic mass is 19.1. The van der Waals surface area contributed by atoms with Gasteiger partial charge in [0.2, 0.25) is 0 Å². The number of nitrogens with one attached hydrogen (secondary N) is 1. The van der Waals surface area contributed by atoms with Gasteiger partial charge in [-0.3, -0.25) is 9.59 Å². The van der Waals surface area contributed by atoms with E-state index in [0.717, 1.165) is 12.3 Å². The van der Waals surface area contributed by atoms with E-state index >= 15 is 0 Å². The molecular formula is C24H28FNO6. The lowest BCUT2D eigenvalue weighted by atomic mass is 9.90. The molecule has 0 fully saturated rings. The van der Waals surface area contributed by atoms with Crippen LogP contribution in [0.25, 0.3) is 5.57 Å². The van der Waals surface area contributed by atoms with E-state index in [1.54, 1.807) is 20.0 Å². The number of carbonyl (C=O) groups is 2. The lowest BCUT2D eigenvalue weighted by Gasteiger charge is -2.18. The number of aliphatic hydroxyl groups is 1. The van der Waals surface area contributed by atoms with E-state index in [2.05, 4.69) is 5.32 Å². The summed E-state index contributed by atoms with van der Waals surface area (Å²) in [6.07, 6.45) is 5.11. The molecule has 3 N–H and O–H groups in total. The lowest BCUT2D eigenvalue weighted by Crippen LogP contribution is -2.15. The number of hydrogen-bond acceptors (Lipinski definition) is 7. The second kappa shape index (κ2) is 12.6. The van der Waals surface area contributed by atoms with Crippen molar-refractivity contribution in [3.05, 3.63) is 65.0 Å². The summed E-state index contributed by atoms with van der Waals surface area (Å²) in [5, 5.41) is 23.2. The number of allylic oxidation sites excluding steroid dienone is 7. The predicted octanol–water partition coefficient (Wildman–Crippen LogP) is 3.34. The number of hydrogen-bond donors (Lipinski definition) is 3. The maximum absolute atomic E-state index is 13.7. The fourth-order valence-electron chi connectivity index (χ4n) is 3.36. The Labute approximate surface area is 186 Å². The van der Waals surface area contributed by atoms with Crippen LogP contribution in [0.2, 0.25) is 0 Å². The van der Waals surface area contributed by atoms with E-state index in [0.29, 0.717) is 29.9 Å². The number of rotatable bonds is 11. The van der Waals surface area contributed by atoms with Gasteiger partial charge in [-0.1, -0.05) is 6.08 Å². The van der Waals surface area contributed by atoms with Gasteiger partial charge in [0.25, 0.3) is 6.47 Å². The topological polar surface area (TPSA) is 105 Å². The fraction of sp³-hybridized carbons (Fsp3) is 0.333. The van der Waals surface area contributed by atoms with Gasteiger partial charge in [0.15, 0.2) is 5.78 Å². The zero-order chi connectivity index (χ0) is 23.5. The molecule has 0 saturated heterocycles. The fourth-order valence-corrected chi connectivity index (χ4v) is 3.36. The standard InChI is InChI=1S/C24H28FNO6/c1-3-19(17(14-27)12-16-13-18(25)4-6-22(16)29)20-5-7-23(30)21(24(20)32-15-28)8-10-31-11-9-26-2/h3-7,12,14-15,18,26-27,30H,8-11,13H2,1-2H3/b16-12-,17-14-,19-3-. The molecule has 1 aromatic carbocycles. The molecule has 2 rings (SSSR count). The molecule has 0 radical (unpaired) electrons. The van der Waals surface area contributed by atoms with E-state index < -0.39 is 6.17 Å². The van der Waals surface area contributed by atoms with Crippen molar-refractivity contribution in [3.8, 4) is 11.5 Å². The van der Waals surface area contributed by atoms with Crippen molar-refractivity contribution in [2.75, 3.05) is 26.8 Å². The molecule has 7 nitrogen and oxygen atoms in total. The minimum Gasteiger partial charge on any atom is -0.515 e. The van der Waals surface area contributed by atoms with Crippen LogP contribution in [0.5, 0.6) is 11.5 Å². The summed E-state index contributed by atoms with van der Waals surface area (Å²) in [5.74, 6) is -0.302. The van der Waals surface area contributed by atoms with Gasteiger partial charge in [-0.25, -0.2) is 4.39 Å². The van der Waals surface area contributed by atoms with E-state index in [4.69, 9.17) is 9.47 Å². The molecule has 0 aliphatic heterocycles. The number of halogens is 1. The van der Waals surface area contributed by atoms with Crippen molar-refractivity contribution in [1.29, 1.82) is 0 Å². The third-order valence-electron chi connectivity index (χ3n) is 4.94. The zero-order valence-corrected chi connectivity index (χ0v) is 18.1. The Kier molecular flexibility index (Phi) is 9.84. The van der Waals surface area contributed by atoms with Crippen LogP contribution in [0.3, 0.4) is 0 Å². The minimum absolute atomic E-state index is 0.0704. The molecule has 8 heteroatoms. The summed E-state index contributed by atoms with van der Waals surface area (Å²) >= 11 is 0. The van der Waals surface area contributed by atoms with Crippen molar-refractivity contribution in [3.63, 3.8) is 0 Å². The Hall–Kier alpha value is -3.23. The summed E-state index contributed by atoms with van der Waals surface area (Å²) in [7, 11) is 1.81. The number of phenols is 1. The molecule has 0 spiro atoms.